The fourth-order valence-electron chi connectivity index (χ4n) is 6.63. The maximum Gasteiger partial charge on any atom is 0.359 e. The molecular weight excluding hydrogens is 386 g/mol. The first-order chi connectivity index (χ1) is 15.2. The van der Waals surface area contributed by atoms with Crippen LogP contribution >= 0.6 is 0 Å². The first-order valence-electron chi connectivity index (χ1n) is 11.9. The second-order valence-electron chi connectivity index (χ2n) is 9.31. The average molecular weight is 418 g/mol. The smallest absolute Gasteiger partial charge is 0.359 e. The number of nitriles is 1. The van der Waals surface area contributed by atoms with Gasteiger partial charge in [0.2, 0.25) is 0 Å². The van der Waals surface area contributed by atoms with Crippen molar-refractivity contribution in [3.8, 4) is 6.07 Å². The lowest BCUT2D eigenvalue weighted by Crippen LogP contribution is -2.35. The predicted octanol–water partition coefficient (Wildman–Crippen LogP) is 4.93. The van der Waals surface area contributed by atoms with Crippen LogP contribution in [0.3, 0.4) is 0 Å². The van der Waals surface area contributed by atoms with Crippen LogP contribution in [0.1, 0.15) is 89.8 Å². The number of fused-ring (bicyclic) bond motifs is 7. The SMILES string of the molecule is CCOC(=O)c1nn(CCC#N)c2c1CC1C2CCC2c3cc(CC)ccc3CCC21. The van der Waals surface area contributed by atoms with Crippen LogP contribution < -0.4 is 0 Å². The van der Waals surface area contributed by atoms with Crippen LogP contribution in [0.2, 0.25) is 0 Å². The summed E-state index contributed by atoms with van der Waals surface area (Å²) in [6.45, 7) is 4.97. The monoisotopic (exact) mass is 417 g/mol. The quantitative estimate of drug-likeness (QED) is 0.647. The van der Waals surface area contributed by atoms with E-state index in [9.17, 15) is 4.79 Å². The molecule has 162 valence electrons. The zero-order valence-electron chi connectivity index (χ0n) is 18.6. The summed E-state index contributed by atoms with van der Waals surface area (Å²) in [5.41, 5.74) is 7.37. The summed E-state index contributed by atoms with van der Waals surface area (Å²) in [6, 6.07) is 9.36. The van der Waals surface area contributed by atoms with Crippen molar-refractivity contribution in [2.45, 2.75) is 77.2 Å². The van der Waals surface area contributed by atoms with Gasteiger partial charge in [-0.2, -0.15) is 10.4 Å². The molecule has 4 unspecified atom stereocenters. The largest absolute Gasteiger partial charge is 0.461 e. The molecule has 0 aliphatic heterocycles. The van der Waals surface area contributed by atoms with Crippen molar-refractivity contribution in [3.63, 3.8) is 0 Å². The number of hydrogen-bond acceptors (Lipinski definition) is 4. The Balaban J connectivity index is 1.50. The molecule has 1 saturated carbocycles. The Morgan fingerprint density at radius 1 is 1.23 bits per heavy atom. The molecule has 0 bridgehead atoms. The number of benzene rings is 1. The van der Waals surface area contributed by atoms with Crippen LogP contribution in [0.5, 0.6) is 0 Å². The number of carbonyl (C=O) groups is 1. The summed E-state index contributed by atoms with van der Waals surface area (Å²) in [7, 11) is 0. The molecule has 0 amide bonds. The van der Waals surface area contributed by atoms with Crippen LogP contribution in [0, 0.1) is 23.2 Å². The summed E-state index contributed by atoms with van der Waals surface area (Å²) in [5.74, 6) is 1.98. The normalized spacial score (nSPS) is 25.7. The molecule has 0 saturated heterocycles. The Bertz CT molecular complexity index is 1050. The first kappa shape index (κ1) is 20.3. The van der Waals surface area contributed by atoms with Gasteiger partial charge >= 0.3 is 5.97 Å². The first-order valence-corrected chi connectivity index (χ1v) is 11.9. The second kappa shape index (κ2) is 8.15. The lowest BCUT2D eigenvalue weighted by Gasteiger charge is -2.44. The third kappa shape index (κ3) is 3.28. The van der Waals surface area contributed by atoms with Crippen molar-refractivity contribution in [1.29, 1.82) is 5.26 Å². The van der Waals surface area contributed by atoms with Gasteiger partial charge < -0.3 is 4.74 Å². The van der Waals surface area contributed by atoms with Gasteiger partial charge in [0.1, 0.15) is 0 Å². The number of esters is 1. The Kier molecular flexibility index (Phi) is 5.33. The van der Waals surface area contributed by atoms with E-state index < -0.39 is 0 Å². The van der Waals surface area contributed by atoms with E-state index in [0.717, 1.165) is 31.2 Å². The number of ether oxygens (including phenoxy) is 1. The van der Waals surface area contributed by atoms with Gasteiger partial charge in [0.05, 0.1) is 25.6 Å². The average Bonchev–Trinajstić information content (AvgIpc) is 3.34. The maximum atomic E-state index is 12.7. The van der Waals surface area contributed by atoms with E-state index in [4.69, 9.17) is 10.00 Å². The highest BCUT2D eigenvalue weighted by molar-refractivity contribution is 5.89. The molecule has 1 aromatic heterocycles. The molecule has 4 atom stereocenters. The van der Waals surface area contributed by atoms with Crippen LogP contribution in [-0.4, -0.2) is 22.4 Å². The van der Waals surface area contributed by atoms with Crippen molar-refractivity contribution in [3.05, 3.63) is 51.8 Å². The number of carbonyl (C=O) groups excluding carboxylic acids is 1. The summed E-state index contributed by atoms with van der Waals surface area (Å²) in [4.78, 5) is 12.7. The zero-order valence-corrected chi connectivity index (χ0v) is 18.6. The number of nitrogens with zero attached hydrogens (tertiary/aromatic N) is 3. The van der Waals surface area contributed by atoms with Crippen LogP contribution in [0.15, 0.2) is 18.2 Å². The van der Waals surface area contributed by atoms with Gasteiger partial charge in [-0.05, 0) is 79.9 Å². The number of hydrogen-bond donors (Lipinski definition) is 0. The van der Waals surface area contributed by atoms with Crippen molar-refractivity contribution in [2.75, 3.05) is 6.61 Å². The zero-order chi connectivity index (χ0) is 21.5. The minimum absolute atomic E-state index is 0.314. The molecule has 5 heteroatoms. The van der Waals surface area contributed by atoms with E-state index in [-0.39, 0.29) is 5.97 Å². The van der Waals surface area contributed by atoms with Gasteiger partial charge in [0.15, 0.2) is 5.69 Å². The number of aryl methyl sites for hydroxylation is 3. The molecule has 1 aromatic carbocycles. The Hall–Kier alpha value is -2.61. The van der Waals surface area contributed by atoms with Crippen molar-refractivity contribution >= 4 is 5.97 Å². The van der Waals surface area contributed by atoms with Crippen molar-refractivity contribution in [1.82, 2.24) is 9.78 Å². The van der Waals surface area contributed by atoms with Crippen LogP contribution in [0.4, 0.5) is 0 Å². The third-order valence-electron chi connectivity index (χ3n) is 7.93. The van der Waals surface area contributed by atoms with Crippen LogP contribution in [0.25, 0.3) is 0 Å². The minimum atomic E-state index is -0.314. The molecular formula is C26H31N3O2. The van der Waals surface area contributed by atoms with E-state index in [1.165, 1.54) is 24.1 Å². The Morgan fingerprint density at radius 2 is 2.06 bits per heavy atom. The van der Waals surface area contributed by atoms with E-state index in [2.05, 4.69) is 36.3 Å². The van der Waals surface area contributed by atoms with Gasteiger partial charge in [-0.15, -0.1) is 0 Å². The highest BCUT2D eigenvalue weighted by atomic mass is 16.5. The van der Waals surface area contributed by atoms with E-state index >= 15 is 0 Å². The fourth-order valence-corrected chi connectivity index (χ4v) is 6.63. The molecule has 1 fully saturated rings. The van der Waals surface area contributed by atoms with Gasteiger partial charge in [-0.3, -0.25) is 4.68 Å². The maximum absolute atomic E-state index is 12.7. The molecule has 0 spiro atoms. The van der Waals surface area contributed by atoms with Crippen LogP contribution in [-0.2, 0) is 30.5 Å². The van der Waals surface area contributed by atoms with Gasteiger partial charge in [0.25, 0.3) is 0 Å². The molecule has 1 heterocycles. The minimum Gasteiger partial charge on any atom is -0.461 e. The Morgan fingerprint density at radius 3 is 2.84 bits per heavy atom. The van der Waals surface area contributed by atoms with E-state index in [1.54, 1.807) is 11.1 Å². The van der Waals surface area contributed by atoms with Crippen molar-refractivity contribution < 1.29 is 9.53 Å². The van der Waals surface area contributed by atoms with Gasteiger partial charge in [-0.25, -0.2) is 4.79 Å². The van der Waals surface area contributed by atoms with E-state index in [0.29, 0.717) is 48.9 Å². The second-order valence-corrected chi connectivity index (χ2v) is 9.31. The number of aromatic nitrogens is 2. The molecule has 3 aliphatic carbocycles. The summed E-state index contributed by atoms with van der Waals surface area (Å²) < 4.78 is 7.28. The molecule has 0 N–H and O–H groups in total. The van der Waals surface area contributed by atoms with Crippen molar-refractivity contribution in [2.24, 2.45) is 11.8 Å². The van der Waals surface area contributed by atoms with E-state index in [1.807, 2.05) is 11.6 Å². The highest BCUT2D eigenvalue weighted by Gasteiger charge is 2.49. The standard InChI is InChI=1S/C26H31N3O2/c1-3-16-6-7-17-8-9-19-18(21(17)14-16)10-11-20-22(19)15-23-24(26(30)31-4-2)28-29(25(20)23)13-5-12-27/h6-7,14,18-20,22H,3-5,8-11,13,15H2,1-2H3. The Labute approximate surface area is 184 Å². The summed E-state index contributed by atoms with van der Waals surface area (Å²) in [6.07, 6.45) is 7.14. The topological polar surface area (TPSA) is 67.9 Å². The lowest BCUT2D eigenvalue weighted by atomic mass is 9.60. The molecule has 2 aromatic rings. The molecule has 5 rings (SSSR count). The fraction of sp³-hybridized carbons (Fsp3) is 0.577. The number of rotatable bonds is 5. The summed E-state index contributed by atoms with van der Waals surface area (Å²) >= 11 is 0. The highest BCUT2D eigenvalue weighted by Crippen LogP contribution is 2.57. The molecule has 5 nitrogen and oxygen atoms in total. The lowest BCUT2D eigenvalue weighted by molar-refractivity contribution is 0.0516. The van der Waals surface area contributed by atoms with Gasteiger partial charge in [-0.1, -0.05) is 25.1 Å². The molecule has 3 aliphatic rings. The molecule has 0 radical (unpaired) electrons. The molecule has 31 heavy (non-hydrogen) atoms. The summed E-state index contributed by atoms with van der Waals surface area (Å²) in [5, 5.41) is 13.7. The third-order valence-corrected chi connectivity index (χ3v) is 7.93. The predicted molar refractivity (Wildman–Crippen MR) is 118 cm³/mol. The van der Waals surface area contributed by atoms with Gasteiger partial charge in [0, 0.05) is 17.2 Å².